The summed E-state index contributed by atoms with van der Waals surface area (Å²) in [6, 6.07) is 0. The Morgan fingerprint density at radius 3 is 1.88 bits per heavy atom. The van der Waals surface area contributed by atoms with Crippen molar-refractivity contribution in [2.24, 2.45) is 5.92 Å². The van der Waals surface area contributed by atoms with Gasteiger partial charge in [0.1, 0.15) is 5.60 Å². The zero-order valence-electron chi connectivity index (χ0n) is 9.52. The number of esters is 1. The summed E-state index contributed by atoms with van der Waals surface area (Å²) in [5.41, 5.74) is -0.654. The Bertz CT molecular complexity index is 274. The summed E-state index contributed by atoms with van der Waals surface area (Å²) >= 11 is 0. The van der Waals surface area contributed by atoms with E-state index in [1.54, 1.807) is 20.8 Å². The zero-order valence-corrected chi connectivity index (χ0v) is 9.52. The van der Waals surface area contributed by atoms with Gasteiger partial charge in [0.2, 0.25) is 0 Å². The molecule has 0 spiro atoms. The van der Waals surface area contributed by atoms with Crippen LogP contribution in [0.15, 0.2) is 0 Å². The van der Waals surface area contributed by atoms with Crippen molar-refractivity contribution < 1.29 is 29.3 Å². The molecule has 0 heterocycles. The first-order valence-electron chi connectivity index (χ1n) is 4.81. The molecule has 0 atom stereocenters. The molecule has 0 rings (SSSR count). The lowest BCUT2D eigenvalue weighted by Crippen LogP contribution is -2.27. The van der Waals surface area contributed by atoms with Crippen LogP contribution in [-0.2, 0) is 19.1 Å². The Hall–Kier alpha value is -1.59. The third-order valence-electron chi connectivity index (χ3n) is 1.65. The minimum absolute atomic E-state index is 0.222. The Balaban J connectivity index is 4.18. The normalized spacial score (nSPS) is 11.2. The molecule has 2 N–H and O–H groups in total. The first-order valence-corrected chi connectivity index (χ1v) is 4.81. The largest absolute Gasteiger partial charge is 0.481 e. The number of hydrogen-bond acceptors (Lipinski definition) is 4. The third-order valence-corrected chi connectivity index (χ3v) is 1.65. The molecule has 0 aromatic heterocycles. The van der Waals surface area contributed by atoms with Crippen LogP contribution in [0.3, 0.4) is 0 Å². The van der Waals surface area contributed by atoms with Crippen LogP contribution in [0.5, 0.6) is 0 Å². The number of hydrogen-bond donors (Lipinski definition) is 2. The number of ether oxygens (including phenoxy) is 1. The highest BCUT2D eigenvalue weighted by Gasteiger charge is 2.27. The molecule has 0 aromatic carbocycles. The van der Waals surface area contributed by atoms with Crippen molar-refractivity contribution in [1.29, 1.82) is 0 Å². The Labute approximate surface area is 93.2 Å². The second-order valence-corrected chi connectivity index (χ2v) is 4.35. The Morgan fingerprint density at radius 2 is 1.56 bits per heavy atom. The predicted octanol–water partition coefficient (Wildman–Crippen LogP) is 0.894. The fourth-order valence-corrected chi connectivity index (χ4v) is 1.01. The summed E-state index contributed by atoms with van der Waals surface area (Å²) in [4.78, 5) is 32.2. The van der Waals surface area contributed by atoms with E-state index in [2.05, 4.69) is 0 Å². The molecule has 0 unspecified atom stereocenters. The minimum Gasteiger partial charge on any atom is -0.481 e. The lowest BCUT2D eigenvalue weighted by atomic mass is 10.0. The van der Waals surface area contributed by atoms with Crippen molar-refractivity contribution in [2.75, 3.05) is 0 Å². The van der Waals surface area contributed by atoms with Crippen molar-refractivity contribution in [3.8, 4) is 0 Å². The van der Waals surface area contributed by atoms with E-state index in [1.807, 2.05) is 0 Å². The number of carboxylic acid groups (broad SMARTS) is 2. The van der Waals surface area contributed by atoms with Gasteiger partial charge < -0.3 is 14.9 Å². The molecule has 16 heavy (non-hydrogen) atoms. The maximum Gasteiger partial charge on any atom is 0.317 e. The summed E-state index contributed by atoms with van der Waals surface area (Å²) in [6.45, 7) is 5.03. The van der Waals surface area contributed by atoms with Gasteiger partial charge >= 0.3 is 17.9 Å². The van der Waals surface area contributed by atoms with E-state index in [4.69, 9.17) is 14.9 Å². The average molecular weight is 232 g/mol. The fourth-order valence-electron chi connectivity index (χ4n) is 1.01. The standard InChI is InChI=1S/C10H16O6/c1-10(2,3)16-7(11)5-4-6(8(12)13)9(14)15/h6H,4-5H2,1-3H3,(H,12,13)(H,14,15). The van der Waals surface area contributed by atoms with Crippen LogP contribution >= 0.6 is 0 Å². The number of rotatable bonds is 5. The van der Waals surface area contributed by atoms with Gasteiger partial charge in [-0.3, -0.25) is 14.4 Å². The molecular formula is C10H16O6. The van der Waals surface area contributed by atoms with Crippen LogP contribution in [0, 0.1) is 5.92 Å². The first kappa shape index (κ1) is 14.4. The highest BCUT2D eigenvalue weighted by atomic mass is 16.6. The molecule has 6 nitrogen and oxygen atoms in total. The molecule has 0 amide bonds. The van der Waals surface area contributed by atoms with Crippen LogP contribution in [0.2, 0.25) is 0 Å². The van der Waals surface area contributed by atoms with Gasteiger partial charge in [-0.05, 0) is 27.2 Å². The van der Waals surface area contributed by atoms with E-state index < -0.39 is 29.4 Å². The molecule has 0 saturated carbocycles. The van der Waals surface area contributed by atoms with Gasteiger partial charge in [-0.2, -0.15) is 0 Å². The zero-order chi connectivity index (χ0) is 12.9. The second kappa shape index (κ2) is 5.48. The smallest absolute Gasteiger partial charge is 0.317 e. The van der Waals surface area contributed by atoms with Crippen LogP contribution in [0.1, 0.15) is 33.6 Å². The molecule has 0 aliphatic heterocycles. The molecule has 92 valence electrons. The van der Waals surface area contributed by atoms with Crippen LogP contribution in [-0.4, -0.2) is 33.7 Å². The maximum absolute atomic E-state index is 11.2. The minimum atomic E-state index is -1.56. The molecule has 6 heteroatoms. The maximum atomic E-state index is 11.2. The number of aliphatic carboxylic acids is 2. The summed E-state index contributed by atoms with van der Waals surface area (Å²) in [6.07, 6.45) is -0.486. The summed E-state index contributed by atoms with van der Waals surface area (Å²) < 4.78 is 4.92. The highest BCUT2D eigenvalue weighted by molar-refractivity contribution is 5.93. The molecule has 0 radical (unpaired) electrons. The predicted molar refractivity (Wildman–Crippen MR) is 53.8 cm³/mol. The summed E-state index contributed by atoms with van der Waals surface area (Å²) in [5.74, 6) is -5.06. The number of carbonyl (C=O) groups excluding carboxylic acids is 1. The van der Waals surface area contributed by atoms with E-state index in [9.17, 15) is 14.4 Å². The van der Waals surface area contributed by atoms with Gasteiger partial charge in [-0.1, -0.05) is 0 Å². The van der Waals surface area contributed by atoms with Crippen LogP contribution in [0.25, 0.3) is 0 Å². The van der Waals surface area contributed by atoms with E-state index in [-0.39, 0.29) is 12.8 Å². The monoisotopic (exact) mass is 232 g/mol. The molecule has 0 saturated heterocycles. The quantitative estimate of drug-likeness (QED) is 0.539. The van der Waals surface area contributed by atoms with E-state index >= 15 is 0 Å². The van der Waals surface area contributed by atoms with Gasteiger partial charge in [0.25, 0.3) is 0 Å². The topological polar surface area (TPSA) is 101 Å². The number of carbonyl (C=O) groups is 3. The van der Waals surface area contributed by atoms with Crippen molar-refractivity contribution >= 4 is 17.9 Å². The Kier molecular flexibility index (Phi) is 4.94. The lowest BCUT2D eigenvalue weighted by molar-refractivity contribution is -0.157. The second-order valence-electron chi connectivity index (χ2n) is 4.35. The van der Waals surface area contributed by atoms with E-state index in [1.165, 1.54) is 0 Å². The SMILES string of the molecule is CC(C)(C)OC(=O)CCC(C(=O)O)C(=O)O. The molecule has 0 aromatic rings. The molecule has 0 bridgehead atoms. The van der Waals surface area contributed by atoms with Gasteiger partial charge in [0.05, 0.1) is 0 Å². The third kappa shape index (κ3) is 6.00. The fraction of sp³-hybridized carbons (Fsp3) is 0.700. The van der Waals surface area contributed by atoms with Gasteiger partial charge in [-0.15, -0.1) is 0 Å². The van der Waals surface area contributed by atoms with Gasteiger partial charge in [0.15, 0.2) is 5.92 Å². The molecular weight excluding hydrogens is 216 g/mol. The first-order chi connectivity index (χ1) is 7.13. The van der Waals surface area contributed by atoms with Gasteiger partial charge in [-0.25, -0.2) is 0 Å². The van der Waals surface area contributed by atoms with E-state index in [0.29, 0.717) is 0 Å². The molecule has 0 fully saturated rings. The van der Waals surface area contributed by atoms with Crippen molar-refractivity contribution in [3.63, 3.8) is 0 Å². The van der Waals surface area contributed by atoms with Crippen molar-refractivity contribution in [2.45, 2.75) is 39.2 Å². The van der Waals surface area contributed by atoms with Crippen molar-refractivity contribution in [3.05, 3.63) is 0 Å². The Morgan fingerprint density at radius 1 is 1.12 bits per heavy atom. The molecule has 0 aliphatic carbocycles. The lowest BCUT2D eigenvalue weighted by Gasteiger charge is -2.19. The van der Waals surface area contributed by atoms with Crippen LogP contribution < -0.4 is 0 Å². The van der Waals surface area contributed by atoms with Crippen molar-refractivity contribution in [1.82, 2.24) is 0 Å². The van der Waals surface area contributed by atoms with E-state index in [0.717, 1.165) is 0 Å². The average Bonchev–Trinajstić information content (AvgIpc) is 1.98. The molecule has 0 aliphatic rings. The summed E-state index contributed by atoms with van der Waals surface area (Å²) in [5, 5.41) is 17.1. The van der Waals surface area contributed by atoms with Crippen LogP contribution in [0.4, 0.5) is 0 Å². The highest BCUT2D eigenvalue weighted by Crippen LogP contribution is 2.12. The van der Waals surface area contributed by atoms with Gasteiger partial charge in [0, 0.05) is 6.42 Å². The summed E-state index contributed by atoms with van der Waals surface area (Å²) in [7, 11) is 0. The number of carboxylic acids is 2.